The number of aromatic nitrogens is 4. The topological polar surface area (TPSA) is 91.2 Å². The molecule has 0 saturated heterocycles. The highest BCUT2D eigenvalue weighted by Gasteiger charge is 2.28. The maximum atomic E-state index is 12.2. The minimum Gasteiger partial charge on any atom is -0.486 e. The van der Waals surface area contributed by atoms with Crippen molar-refractivity contribution >= 4 is 17.9 Å². The molecular formula is C26H26F3N5O3S. The summed E-state index contributed by atoms with van der Waals surface area (Å²) in [7, 11) is 0. The maximum Gasteiger partial charge on any atom is 0.408 e. The number of carbonyl (C=O) groups excluding carboxylic acids is 1. The van der Waals surface area contributed by atoms with Crippen molar-refractivity contribution in [2.24, 2.45) is 0 Å². The van der Waals surface area contributed by atoms with Gasteiger partial charge in [-0.2, -0.15) is 13.2 Å². The van der Waals surface area contributed by atoms with Gasteiger partial charge < -0.3 is 14.8 Å². The van der Waals surface area contributed by atoms with Gasteiger partial charge in [-0.3, -0.25) is 9.55 Å². The number of hydrogen-bond acceptors (Lipinski definition) is 7. The molecule has 8 nitrogen and oxygen atoms in total. The third-order valence-electron chi connectivity index (χ3n) is 4.71. The van der Waals surface area contributed by atoms with E-state index in [2.05, 4.69) is 31.8 Å². The molecule has 1 amide bonds. The summed E-state index contributed by atoms with van der Waals surface area (Å²) in [5.41, 5.74) is 1.46. The number of alkyl carbamates (subject to hydrolysis) is 1. The van der Waals surface area contributed by atoms with Crippen molar-refractivity contribution in [2.75, 3.05) is 13.2 Å². The zero-order chi connectivity index (χ0) is 35.1. The Hall–Kier alpha value is -3.72. The summed E-state index contributed by atoms with van der Waals surface area (Å²) in [6.45, 7) is -0.534. The lowest BCUT2D eigenvalue weighted by Crippen LogP contribution is -2.34. The Bertz CT molecular complexity index is 1670. The van der Waals surface area contributed by atoms with Gasteiger partial charge in [0.1, 0.15) is 18.9 Å². The van der Waals surface area contributed by atoms with Gasteiger partial charge in [0.25, 0.3) is 0 Å². The lowest BCUT2D eigenvalue weighted by atomic mass is 10.1. The molecule has 0 aliphatic heterocycles. The average molecular weight is 555 g/mol. The number of nitrogens with zero attached hydrogens (tertiary/aromatic N) is 4. The molecule has 200 valence electrons. The van der Waals surface area contributed by atoms with Crippen LogP contribution in [0.5, 0.6) is 5.75 Å². The number of amides is 1. The molecule has 0 radical (unpaired) electrons. The first-order chi connectivity index (χ1) is 21.7. The van der Waals surface area contributed by atoms with Crippen molar-refractivity contribution in [1.82, 2.24) is 25.1 Å². The van der Waals surface area contributed by atoms with Gasteiger partial charge in [-0.05, 0) is 55.6 Å². The Morgan fingerprint density at radius 2 is 2.13 bits per heavy atom. The Balaban J connectivity index is 1.53. The number of rotatable bonds is 8. The van der Waals surface area contributed by atoms with Crippen molar-refractivity contribution in [2.45, 2.75) is 55.6 Å². The second-order valence-corrected chi connectivity index (χ2v) is 8.47. The lowest BCUT2D eigenvalue weighted by molar-refractivity contribution is -0.123. The van der Waals surface area contributed by atoms with E-state index in [0.29, 0.717) is 22.6 Å². The van der Waals surface area contributed by atoms with Gasteiger partial charge in [0.15, 0.2) is 17.6 Å². The Kier molecular flexibility index (Phi) is 5.92. The van der Waals surface area contributed by atoms with Crippen molar-refractivity contribution < 1.29 is 39.8 Å². The second kappa shape index (κ2) is 12.7. The number of nitrogens with one attached hydrogen (secondary N) is 1. The van der Waals surface area contributed by atoms with Gasteiger partial charge in [0.05, 0.1) is 11.9 Å². The smallest absolute Gasteiger partial charge is 0.408 e. The summed E-state index contributed by atoms with van der Waals surface area (Å²) < 4.78 is 123. The minimum absolute atomic E-state index is 0.108. The van der Waals surface area contributed by atoms with E-state index in [9.17, 15) is 18.0 Å². The average Bonchev–Trinajstić information content (AvgIpc) is 3.40. The Labute approximate surface area is 235 Å². The molecule has 4 rings (SSSR count). The number of aryl methyl sites for hydroxylation is 1. The van der Waals surface area contributed by atoms with Crippen LogP contribution in [-0.4, -0.2) is 50.4 Å². The van der Waals surface area contributed by atoms with Crippen molar-refractivity contribution in [3.63, 3.8) is 0 Å². The highest BCUT2D eigenvalue weighted by atomic mass is 32.2. The molecule has 3 aromatic rings. The monoisotopic (exact) mass is 554 g/mol. The SMILES string of the molecule is [2H]C1([2H])C([2H])([2H])C([2H])([2H])C([2H])(Sc2nnc(COc3ccc(C#CCOC(=O)NCC(F)(F)F)c(C)c3)n2-c2cccnc2)C1([2H])[2H]. The van der Waals surface area contributed by atoms with Crippen molar-refractivity contribution in [1.29, 1.82) is 0 Å². The second-order valence-electron chi connectivity index (χ2n) is 7.49. The minimum atomic E-state index is -4.57. The summed E-state index contributed by atoms with van der Waals surface area (Å²) in [5.74, 6) is 5.71. The van der Waals surface area contributed by atoms with Gasteiger partial charge in [-0.25, -0.2) is 4.79 Å². The molecule has 1 aromatic carbocycles. The van der Waals surface area contributed by atoms with Crippen LogP contribution in [0.15, 0.2) is 47.9 Å². The fourth-order valence-electron chi connectivity index (χ4n) is 3.03. The van der Waals surface area contributed by atoms with Crippen LogP contribution in [0.1, 0.15) is 54.8 Å². The fraction of sp³-hybridized carbons (Fsp3) is 0.385. The Morgan fingerprint density at radius 3 is 2.84 bits per heavy atom. The molecule has 2 aromatic heterocycles. The molecule has 1 aliphatic rings. The molecule has 1 fully saturated rings. The number of halogens is 3. The van der Waals surface area contributed by atoms with Crippen molar-refractivity contribution in [3.05, 3.63) is 59.7 Å². The molecule has 2 heterocycles. The zero-order valence-electron chi connectivity index (χ0n) is 28.7. The molecule has 1 saturated carbocycles. The van der Waals surface area contributed by atoms with Gasteiger partial charge in [0.2, 0.25) is 0 Å². The first-order valence-electron chi connectivity index (χ1n) is 15.4. The van der Waals surface area contributed by atoms with Crippen LogP contribution in [0.2, 0.25) is 0 Å². The standard InChI is InChI=1S/C26H26F3N5O3S/c1-18-14-21(11-10-19(18)6-5-13-36-25(35)31-17-26(27,28)29)37-16-23-32-33-24(38-22-8-2-3-9-22)34(23)20-7-4-12-30-15-20/h4,7,10-12,14-15,22H,2-3,8-9,13,16-17H2,1H3,(H,31,35)/i2D2,3D2,8D2,9D2,22D. The van der Waals surface area contributed by atoms with Gasteiger partial charge in [-0.15, -0.1) is 10.2 Å². The van der Waals surface area contributed by atoms with Crippen LogP contribution in [0.3, 0.4) is 0 Å². The summed E-state index contributed by atoms with van der Waals surface area (Å²) in [4.78, 5) is 15.4. The van der Waals surface area contributed by atoms with Gasteiger partial charge >= 0.3 is 12.3 Å². The van der Waals surface area contributed by atoms with Crippen LogP contribution in [-0.2, 0) is 11.3 Å². The third-order valence-corrected chi connectivity index (χ3v) is 5.56. The number of benzene rings is 1. The van der Waals surface area contributed by atoms with E-state index >= 15 is 0 Å². The normalized spacial score (nSPS) is 23.2. The number of alkyl halides is 3. The highest BCUT2D eigenvalue weighted by molar-refractivity contribution is 7.99. The molecule has 0 spiro atoms. The van der Waals surface area contributed by atoms with E-state index in [0.717, 1.165) is 0 Å². The summed E-state index contributed by atoms with van der Waals surface area (Å²) >= 11 is 0.197. The molecule has 0 unspecified atom stereocenters. The first-order valence-corrected chi connectivity index (χ1v) is 11.7. The van der Waals surface area contributed by atoms with E-state index in [1.165, 1.54) is 17.0 Å². The van der Waals surface area contributed by atoms with Crippen LogP contribution in [0.25, 0.3) is 5.69 Å². The maximum absolute atomic E-state index is 12.2. The van der Waals surface area contributed by atoms with Crippen LogP contribution >= 0.6 is 11.8 Å². The molecule has 38 heavy (non-hydrogen) atoms. The first kappa shape index (κ1) is 17.7. The van der Waals surface area contributed by atoms with E-state index in [-0.39, 0.29) is 29.3 Å². The molecule has 12 heteroatoms. The Morgan fingerprint density at radius 1 is 1.32 bits per heavy atom. The molecule has 0 atom stereocenters. The summed E-state index contributed by atoms with van der Waals surface area (Å²) in [6, 6.07) is 7.91. The summed E-state index contributed by atoms with van der Waals surface area (Å²) in [6.07, 6.45) is -16.4. The highest BCUT2D eigenvalue weighted by Crippen LogP contribution is 2.35. The van der Waals surface area contributed by atoms with E-state index in [1.54, 1.807) is 42.6 Å². The van der Waals surface area contributed by atoms with Gasteiger partial charge in [-0.1, -0.05) is 36.3 Å². The predicted molar refractivity (Wildman–Crippen MR) is 135 cm³/mol. The number of pyridine rings is 1. The van der Waals surface area contributed by atoms with E-state index in [4.69, 9.17) is 17.1 Å². The van der Waals surface area contributed by atoms with Crippen molar-refractivity contribution in [3.8, 4) is 23.3 Å². The molecule has 1 aliphatic carbocycles. The van der Waals surface area contributed by atoms with Crippen LogP contribution < -0.4 is 10.1 Å². The van der Waals surface area contributed by atoms with E-state index in [1.807, 2.05) is 0 Å². The van der Waals surface area contributed by atoms with Gasteiger partial charge in [0, 0.05) is 29.3 Å². The molecule has 0 bridgehead atoms. The quantitative estimate of drug-likeness (QED) is 0.382. The molecule has 1 N–H and O–H groups in total. The largest absolute Gasteiger partial charge is 0.486 e. The molecular weight excluding hydrogens is 519 g/mol. The lowest BCUT2D eigenvalue weighted by Gasteiger charge is -2.13. The number of thioether (sulfide) groups is 1. The summed E-state index contributed by atoms with van der Waals surface area (Å²) in [5, 5.41) is 6.35. The zero-order valence-corrected chi connectivity index (χ0v) is 20.5. The number of hydrogen-bond donors (Lipinski definition) is 1. The fourth-order valence-corrected chi connectivity index (χ4v) is 3.80. The predicted octanol–water partition coefficient (Wildman–Crippen LogP) is 5.22. The van der Waals surface area contributed by atoms with E-state index < -0.39 is 56.1 Å². The number of carbonyl (C=O) groups is 1. The van der Waals surface area contributed by atoms with Crippen LogP contribution in [0.4, 0.5) is 18.0 Å². The third kappa shape index (κ3) is 7.89. The van der Waals surface area contributed by atoms with Crippen LogP contribution in [0, 0.1) is 18.8 Å². The number of ether oxygens (including phenoxy) is 2.